The lowest BCUT2D eigenvalue weighted by Crippen LogP contribution is -2.23. The van der Waals surface area contributed by atoms with E-state index in [-0.39, 0.29) is 0 Å². The molecule has 0 bridgehead atoms. The maximum atomic E-state index is 12.1. The summed E-state index contributed by atoms with van der Waals surface area (Å²) in [5.74, 6) is -2.21. The Morgan fingerprint density at radius 3 is 2.38 bits per heavy atom. The van der Waals surface area contributed by atoms with Gasteiger partial charge in [-0.25, -0.2) is 0 Å². The number of nitro benzene ring substituents is 1. The molecule has 16 heavy (non-hydrogen) atoms. The van der Waals surface area contributed by atoms with E-state index in [1.165, 1.54) is 13.0 Å². The summed E-state index contributed by atoms with van der Waals surface area (Å²) in [4.78, 5) is 20.3. The van der Waals surface area contributed by atoms with Gasteiger partial charge in [-0.05, 0) is 18.6 Å². The third-order valence-corrected chi connectivity index (χ3v) is 1.85. The van der Waals surface area contributed by atoms with Gasteiger partial charge in [-0.15, -0.1) is 0 Å². The Hall–Kier alpha value is -1.92. The molecule has 0 atom stereocenters. The lowest BCUT2D eigenvalue weighted by Gasteiger charge is -2.06. The van der Waals surface area contributed by atoms with Crippen molar-refractivity contribution in [1.82, 2.24) is 0 Å². The highest BCUT2D eigenvalue weighted by Gasteiger charge is 2.42. The minimum atomic E-state index is -5.11. The predicted molar refractivity (Wildman–Crippen MR) is 48.2 cm³/mol. The molecule has 0 saturated carbocycles. The number of carbonyl (C=O) groups is 1. The number of hydrogen-bond acceptors (Lipinski definition) is 3. The number of carbonyl (C=O) groups excluding carboxylic acids is 1. The van der Waals surface area contributed by atoms with E-state index in [0.717, 1.165) is 12.1 Å². The molecule has 0 fully saturated rings. The summed E-state index contributed by atoms with van der Waals surface area (Å²) >= 11 is 0. The Bertz CT molecular complexity index is 454. The molecular weight excluding hydrogens is 227 g/mol. The summed E-state index contributed by atoms with van der Waals surface area (Å²) in [5, 5.41) is 10.5. The number of aryl methyl sites for hydroxylation is 1. The molecule has 0 aliphatic heterocycles. The molecule has 0 unspecified atom stereocenters. The van der Waals surface area contributed by atoms with Crippen LogP contribution in [0.15, 0.2) is 18.2 Å². The smallest absolute Gasteiger partial charge is 0.284 e. The first kappa shape index (κ1) is 12.2. The summed E-state index contributed by atoms with van der Waals surface area (Å²) in [7, 11) is 0. The minimum Gasteiger partial charge on any atom is -0.284 e. The highest BCUT2D eigenvalue weighted by atomic mass is 19.4. The fourth-order valence-corrected chi connectivity index (χ4v) is 1.14. The van der Waals surface area contributed by atoms with Crippen molar-refractivity contribution in [3.8, 4) is 0 Å². The predicted octanol–water partition coefficient (Wildman–Crippen LogP) is 2.65. The van der Waals surface area contributed by atoms with Gasteiger partial charge >= 0.3 is 6.18 Å². The van der Waals surface area contributed by atoms with Crippen molar-refractivity contribution in [2.24, 2.45) is 0 Å². The SMILES string of the molecule is Cc1ccc([N+](=O)[O-])c(C(=O)C(F)(F)F)c1. The number of hydrogen-bond donors (Lipinski definition) is 0. The molecule has 0 saturated heterocycles. The van der Waals surface area contributed by atoms with Crippen molar-refractivity contribution in [2.75, 3.05) is 0 Å². The average Bonchev–Trinajstić information content (AvgIpc) is 2.14. The highest BCUT2D eigenvalue weighted by molar-refractivity contribution is 6.03. The van der Waals surface area contributed by atoms with Crippen LogP contribution in [0.5, 0.6) is 0 Å². The van der Waals surface area contributed by atoms with E-state index < -0.39 is 28.1 Å². The number of alkyl halides is 3. The van der Waals surface area contributed by atoms with Crippen LogP contribution < -0.4 is 0 Å². The van der Waals surface area contributed by atoms with Gasteiger partial charge in [0.05, 0.1) is 4.92 Å². The van der Waals surface area contributed by atoms with Gasteiger partial charge < -0.3 is 0 Å². The van der Waals surface area contributed by atoms with Gasteiger partial charge in [0, 0.05) is 6.07 Å². The molecule has 0 radical (unpaired) electrons. The Morgan fingerprint density at radius 1 is 1.38 bits per heavy atom. The molecule has 4 nitrogen and oxygen atoms in total. The van der Waals surface area contributed by atoms with Gasteiger partial charge in [0.1, 0.15) is 5.56 Å². The third kappa shape index (κ3) is 2.36. The number of nitrogens with zero attached hydrogens (tertiary/aromatic N) is 1. The first-order valence-corrected chi connectivity index (χ1v) is 4.10. The van der Waals surface area contributed by atoms with E-state index in [1.807, 2.05) is 0 Å². The van der Waals surface area contributed by atoms with Gasteiger partial charge in [-0.3, -0.25) is 14.9 Å². The van der Waals surface area contributed by atoms with Crippen LogP contribution in [0.1, 0.15) is 15.9 Å². The molecule has 1 aromatic rings. The largest absolute Gasteiger partial charge is 0.455 e. The van der Waals surface area contributed by atoms with Crippen molar-refractivity contribution in [3.63, 3.8) is 0 Å². The van der Waals surface area contributed by atoms with Crippen LogP contribution in [0.4, 0.5) is 18.9 Å². The van der Waals surface area contributed by atoms with Gasteiger partial charge in [-0.1, -0.05) is 6.07 Å². The molecule has 0 spiro atoms. The van der Waals surface area contributed by atoms with Crippen molar-refractivity contribution in [2.45, 2.75) is 13.1 Å². The maximum absolute atomic E-state index is 12.1. The Kier molecular flexibility index (Phi) is 2.97. The zero-order chi connectivity index (χ0) is 12.5. The first-order chi connectivity index (χ1) is 7.23. The average molecular weight is 233 g/mol. The molecule has 86 valence electrons. The molecule has 1 rings (SSSR count). The van der Waals surface area contributed by atoms with E-state index in [1.54, 1.807) is 0 Å². The highest BCUT2D eigenvalue weighted by Crippen LogP contribution is 2.28. The quantitative estimate of drug-likeness (QED) is 0.448. The summed E-state index contributed by atoms with van der Waals surface area (Å²) in [5.41, 5.74) is -1.43. The number of nitro groups is 1. The summed E-state index contributed by atoms with van der Waals surface area (Å²) in [6.45, 7) is 1.44. The second-order valence-electron chi connectivity index (χ2n) is 3.10. The normalized spacial score (nSPS) is 11.2. The van der Waals surface area contributed by atoms with Crippen LogP contribution in [-0.4, -0.2) is 16.9 Å². The monoisotopic (exact) mass is 233 g/mol. The van der Waals surface area contributed by atoms with Crippen molar-refractivity contribution in [1.29, 1.82) is 0 Å². The van der Waals surface area contributed by atoms with E-state index in [2.05, 4.69) is 0 Å². The number of ketones is 1. The van der Waals surface area contributed by atoms with E-state index in [9.17, 15) is 28.1 Å². The van der Waals surface area contributed by atoms with Crippen LogP contribution in [0.2, 0.25) is 0 Å². The fraction of sp³-hybridized carbons (Fsp3) is 0.222. The van der Waals surface area contributed by atoms with Crippen molar-refractivity contribution < 1.29 is 22.9 Å². The van der Waals surface area contributed by atoms with E-state index >= 15 is 0 Å². The Labute approximate surface area is 87.8 Å². The van der Waals surface area contributed by atoms with Gasteiger partial charge in [-0.2, -0.15) is 13.2 Å². The zero-order valence-corrected chi connectivity index (χ0v) is 8.04. The number of Topliss-reactive ketones (excluding diaryl/α,β-unsaturated/α-hetero) is 1. The van der Waals surface area contributed by atoms with Gasteiger partial charge in [0.15, 0.2) is 0 Å². The molecule has 0 amide bonds. The van der Waals surface area contributed by atoms with Crippen LogP contribution >= 0.6 is 0 Å². The van der Waals surface area contributed by atoms with Crippen molar-refractivity contribution >= 4 is 11.5 Å². The van der Waals surface area contributed by atoms with Crippen LogP contribution in [0.25, 0.3) is 0 Å². The fourth-order valence-electron chi connectivity index (χ4n) is 1.14. The Balaban J connectivity index is 3.36. The van der Waals surface area contributed by atoms with Gasteiger partial charge in [0.2, 0.25) is 0 Å². The topological polar surface area (TPSA) is 60.2 Å². The standard InChI is InChI=1S/C9H6F3NO3/c1-5-2-3-7(13(15)16)6(4-5)8(14)9(10,11)12/h2-4H,1H3. The molecule has 0 aliphatic rings. The summed E-state index contributed by atoms with van der Waals surface area (Å²) in [6, 6.07) is 3.01. The summed E-state index contributed by atoms with van der Waals surface area (Å²) < 4.78 is 36.4. The maximum Gasteiger partial charge on any atom is 0.455 e. The van der Waals surface area contributed by atoms with Crippen molar-refractivity contribution in [3.05, 3.63) is 39.4 Å². The second kappa shape index (κ2) is 3.92. The van der Waals surface area contributed by atoms with Gasteiger partial charge in [0.25, 0.3) is 11.5 Å². The van der Waals surface area contributed by atoms with E-state index in [0.29, 0.717) is 5.56 Å². The number of benzene rings is 1. The van der Waals surface area contributed by atoms with Crippen LogP contribution in [0.3, 0.4) is 0 Å². The molecule has 7 heteroatoms. The molecule has 0 aromatic heterocycles. The molecular formula is C9H6F3NO3. The second-order valence-corrected chi connectivity index (χ2v) is 3.10. The molecule has 0 heterocycles. The molecule has 0 N–H and O–H groups in total. The Morgan fingerprint density at radius 2 is 1.94 bits per heavy atom. The number of rotatable bonds is 2. The van der Waals surface area contributed by atoms with Crippen LogP contribution in [0, 0.1) is 17.0 Å². The molecule has 0 aliphatic carbocycles. The first-order valence-electron chi connectivity index (χ1n) is 4.10. The van der Waals surface area contributed by atoms with E-state index in [4.69, 9.17) is 0 Å². The lowest BCUT2D eigenvalue weighted by molar-refractivity contribution is -0.385. The number of halogens is 3. The third-order valence-electron chi connectivity index (χ3n) is 1.85. The lowest BCUT2D eigenvalue weighted by atomic mass is 10.1. The molecule has 1 aromatic carbocycles. The van der Waals surface area contributed by atoms with Crippen LogP contribution in [-0.2, 0) is 0 Å². The summed E-state index contributed by atoms with van der Waals surface area (Å²) in [6.07, 6.45) is -5.11. The zero-order valence-electron chi connectivity index (χ0n) is 8.04. The minimum absolute atomic E-state index is 0.346.